The number of unbranched alkanes of at least 4 members (excludes halogenated alkanes) is 2. The van der Waals surface area contributed by atoms with Crippen LogP contribution >= 0.6 is 11.3 Å². The Morgan fingerprint density at radius 1 is 1.00 bits per heavy atom. The molecule has 1 aromatic heterocycles. The normalized spacial score (nSPS) is 23.3. The Morgan fingerprint density at radius 3 is 2.52 bits per heavy atom. The van der Waals surface area contributed by atoms with Crippen molar-refractivity contribution in [3.63, 3.8) is 0 Å². The largest absolute Gasteiger partial charge is 0.396 e. The standard InChI is InChI=1S/C25H36N2OS/c1-18-6-7-19(2)23-16-21(8-9-22(18)23)24-17-29-25(26-24)20-10-13-27(14-11-20)12-4-3-5-15-28/h8-9,16-20,28H,3-7,10-15H2,1-2H3. The van der Waals surface area contributed by atoms with Crippen LogP contribution in [0.15, 0.2) is 23.6 Å². The third kappa shape index (κ3) is 4.92. The second kappa shape index (κ2) is 9.72. The highest BCUT2D eigenvalue weighted by Gasteiger charge is 2.25. The molecule has 2 aromatic rings. The van der Waals surface area contributed by atoms with Crippen LogP contribution in [0.2, 0.25) is 0 Å². The summed E-state index contributed by atoms with van der Waals surface area (Å²) in [6.07, 6.45) is 8.37. The first kappa shape index (κ1) is 21.0. The SMILES string of the molecule is CC1CCC(C)c2cc(-c3csc(C4CCN(CCCCCO)CC4)n3)ccc21. The maximum atomic E-state index is 8.91. The van der Waals surface area contributed by atoms with E-state index in [2.05, 4.69) is 42.3 Å². The van der Waals surface area contributed by atoms with Gasteiger partial charge >= 0.3 is 0 Å². The summed E-state index contributed by atoms with van der Waals surface area (Å²) in [5, 5.41) is 12.5. The number of aliphatic hydroxyl groups excluding tert-OH is 1. The highest BCUT2D eigenvalue weighted by atomic mass is 32.1. The Balaban J connectivity index is 1.38. The number of fused-ring (bicyclic) bond motifs is 1. The van der Waals surface area contributed by atoms with Crippen LogP contribution in [0.5, 0.6) is 0 Å². The fourth-order valence-corrected chi connectivity index (χ4v) is 6.06. The first-order valence-electron chi connectivity index (χ1n) is 11.6. The number of nitrogens with zero attached hydrogens (tertiary/aromatic N) is 2. The number of likely N-dealkylation sites (tertiary alicyclic amines) is 1. The molecule has 0 saturated carbocycles. The van der Waals surface area contributed by atoms with Gasteiger partial charge in [-0.25, -0.2) is 4.98 Å². The highest BCUT2D eigenvalue weighted by Crippen LogP contribution is 2.40. The van der Waals surface area contributed by atoms with Crippen molar-refractivity contribution in [2.24, 2.45) is 0 Å². The maximum Gasteiger partial charge on any atom is 0.0964 e. The molecule has 1 aromatic carbocycles. The highest BCUT2D eigenvalue weighted by molar-refractivity contribution is 7.10. The lowest BCUT2D eigenvalue weighted by Crippen LogP contribution is -2.33. The number of piperidine rings is 1. The van der Waals surface area contributed by atoms with Gasteiger partial charge in [-0.15, -0.1) is 11.3 Å². The summed E-state index contributed by atoms with van der Waals surface area (Å²) in [5.74, 6) is 1.98. The van der Waals surface area contributed by atoms with Gasteiger partial charge in [-0.05, 0) is 93.6 Å². The van der Waals surface area contributed by atoms with Crippen LogP contribution in [-0.2, 0) is 0 Å². The quantitative estimate of drug-likeness (QED) is 0.554. The number of hydrogen-bond acceptors (Lipinski definition) is 4. The molecule has 158 valence electrons. The van der Waals surface area contributed by atoms with Crippen molar-refractivity contribution in [3.05, 3.63) is 39.7 Å². The molecule has 0 amide bonds. The molecule has 1 aliphatic carbocycles. The third-order valence-corrected chi connectivity index (χ3v) is 8.08. The summed E-state index contributed by atoms with van der Waals surface area (Å²) in [6.45, 7) is 8.63. The van der Waals surface area contributed by atoms with Crippen molar-refractivity contribution < 1.29 is 5.11 Å². The summed E-state index contributed by atoms with van der Waals surface area (Å²) in [4.78, 5) is 7.67. The molecule has 0 radical (unpaired) electrons. The molecule has 0 spiro atoms. The van der Waals surface area contributed by atoms with Crippen LogP contribution in [0.25, 0.3) is 11.3 Å². The van der Waals surface area contributed by atoms with E-state index in [-0.39, 0.29) is 0 Å². The van der Waals surface area contributed by atoms with Gasteiger partial charge in [0.1, 0.15) is 0 Å². The van der Waals surface area contributed by atoms with Crippen molar-refractivity contribution in [2.45, 2.75) is 76.5 Å². The van der Waals surface area contributed by atoms with Crippen molar-refractivity contribution in [1.82, 2.24) is 9.88 Å². The summed E-state index contributed by atoms with van der Waals surface area (Å²) < 4.78 is 0. The minimum absolute atomic E-state index is 0.330. The van der Waals surface area contributed by atoms with Gasteiger partial charge in [-0.2, -0.15) is 0 Å². The van der Waals surface area contributed by atoms with Gasteiger partial charge < -0.3 is 10.0 Å². The fraction of sp³-hybridized carbons (Fsp3) is 0.640. The summed E-state index contributed by atoms with van der Waals surface area (Å²) >= 11 is 1.86. The van der Waals surface area contributed by atoms with E-state index in [1.165, 1.54) is 68.0 Å². The number of benzene rings is 1. The number of aliphatic hydroxyl groups is 1. The van der Waals surface area contributed by atoms with Gasteiger partial charge in [0.2, 0.25) is 0 Å². The molecular weight excluding hydrogens is 376 g/mol. The van der Waals surface area contributed by atoms with E-state index >= 15 is 0 Å². The van der Waals surface area contributed by atoms with E-state index in [0.717, 1.165) is 12.8 Å². The van der Waals surface area contributed by atoms with Crippen molar-refractivity contribution in [3.8, 4) is 11.3 Å². The number of thiazole rings is 1. The first-order valence-corrected chi connectivity index (χ1v) is 12.5. The monoisotopic (exact) mass is 412 g/mol. The van der Waals surface area contributed by atoms with Crippen LogP contribution in [0, 0.1) is 0 Å². The average Bonchev–Trinajstić information content (AvgIpc) is 3.24. The van der Waals surface area contributed by atoms with Crippen LogP contribution in [0.3, 0.4) is 0 Å². The second-order valence-corrected chi connectivity index (χ2v) is 10.1. The number of rotatable bonds is 7. The molecule has 1 saturated heterocycles. The predicted molar refractivity (Wildman–Crippen MR) is 123 cm³/mol. The van der Waals surface area contributed by atoms with Crippen LogP contribution in [0.4, 0.5) is 0 Å². The lowest BCUT2D eigenvalue weighted by Gasteiger charge is -2.31. The number of hydrogen-bond donors (Lipinski definition) is 1. The number of aromatic nitrogens is 1. The molecule has 2 heterocycles. The van der Waals surface area contributed by atoms with Gasteiger partial charge in [-0.3, -0.25) is 0 Å². The van der Waals surface area contributed by atoms with E-state index in [4.69, 9.17) is 10.1 Å². The van der Waals surface area contributed by atoms with E-state index in [1.807, 2.05) is 11.3 Å². The zero-order chi connectivity index (χ0) is 20.2. The second-order valence-electron chi connectivity index (χ2n) is 9.19. The Kier molecular flexibility index (Phi) is 7.04. The zero-order valence-corrected chi connectivity index (χ0v) is 18.9. The minimum atomic E-state index is 0.330. The van der Waals surface area contributed by atoms with Crippen molar-refractivity contribution in [2.75, 3.05) is 26.2 Å². The Hall–Kier alpha value is -1.23. The molecular formula is C25H36N2OS. The van der Waals surface area contributed by atoms with E-state index in [9.17, 15) is 0 Å². The lowest BCUT2D eigenvalue weighted by atomic mass is 9.77. The van der Waals surface area contributed by atoms with Crippen LogP contribution < -0.4 is 0 Å². The van der Waals surface area contributed by atoms with Crippen LogP contribution in [0.1, 0.15) is 92.7 Å². The summed E-state index contributed by atoms with van der Waals surface area (Å²) in [7, 11) is 0. The molecule has 1 fully saturated rings. The molecule has 0 bridgehead atoms. The predicted octanol–water partition coefficient (Wildman–Crippen LogP) is 6.15. The van der Waals surface area contributed by atoms with Crippen LogP contribution in [-0.4, -0.2) is 41.2 Å². The van der Waals surface area contributed by atoms with E-state index < -0.39 is 0 Å². The fourth-order valence-electron chi connectivity index (χ4n) is 5.06. The minimum Gasteiger partial charge on any atom is -0.396 e. The first-order chi connectivity index (χ1) is 14.2. The van der Waals surface area contributed by atoms with Gasteiger partial charge in [-0.1, -0.05) is 26.0 Å². The van der Waals surface area contributed by atoms with E-state index in [0.29, 0.717) is 24.4 Å². The molecule has 2 aliphatic rings. The van der Waals surface area contributed by atoms with Crippen molar-refractivity contribution in [1.29, 1.82) is 0 Å². The smallest absolute Gasteiger partial charge is 0.0964 e. The van der Waals surface area contributed by atoms with Gasteiger partial charge in [0.05, 0.1) is 10.7 Å². The van der Waals surface area contributed by atoms with E-state index in [1.54, 1.807) is 11.1 Å². The molecule has 4 rings (SSSR count). The Bertz CT molecular complexity index is 794. The lowest BCUT2D eigenvalue weighted by molar-refractivity contribution is 0.205. The molecule has 29 heavy (non-hydrogen) atoms. The third-order valence-electron chi connectivity index (χ3n) is 7.07. The average molecular weight is 413 g/mol. The van der Waals surface area contributed by atoms with Crippen molar-refractivity contribution >= 4 is 11.3 Å². The topological polar surface area (TPSA) is 36.4 Å². The van der Waals surface area contributed by atoms with Gasteiger partial charge in [0, 0.05) is 23.5 Å². The molecule has 2 unspecified atom stereocenters. The summed E-state index contributed by atoms with van der Waals surface area (Å²) in [6, 6.07) is 7.07. The molecule has 1 aliphatic heterocycles. The maximum absolute atomic E-state index is 8.91. The Morgan fingerprint density at radius 2 is 1.76 bits per heavy atom. The van der Waals surface area contributed by atoms with Gasteiger partial charge in [0.15, 0.2) is 0 Å². The molecule has 4 heteroatoms. The van der Waals surface area contributed by atoms with Gasteiger partial charge in [0.25, 0.3) is 0 Å². The molecule has 1 N–H and O–H groups in total. The zero-order valence-electron chi connectivity index (χ0n) is 18.1. The Labute approximate surface area is 180 Å². The summed E-state index contributed by atoms with van der Waals surface area (Å²) in [5.41, 5.74) is 5.57. The molecule has 3 nitrogen and oxygen atoms in total. The molecule has 2 atom stereocenters.